The van der Waals surface area contributed by atoms with Crippen LogP contribution in [0.4, 0.5) is 8.78 Å². The Bertz CT molecular complexity index is 1390. The second-order valence-corrected chi connectivity index (χ2v) is 8.52. The van der Waals surface area contributed by atoms with Crippen LogP contribution in [0.2, 0.25) is 5.02 Å². The lowest BCUT2D eigenvalue weighted by Crippen LogP contribution is -2.20. The third-order valence-electron chi connectivity index (χ3n) is 5.55. The summed E-state index contributed by atoms with van der Waals surface area (Å²) >= 11 is 6.33. The van der Waals surface area contributed by atoms with E-state index in [0.29, 0.717) is 40.1 Å². The highest BCUT2D eigenvalue weighted by atomic mass is 35.5. The Labute approximate surface area is 194 Å². The molecule has 1 aliphatic carbocycles. The van der Waals surface area contributed by atoms with Gasteiger partial charge >= 0.3 is 0 Å². The molecule has 5 rings (SSSR count). The summed E-state index contributed by atoms with van der Waals surface area (Å²) in [6.45, 7) is 0.592. The van der Waals surface area contributed by atoms with Crippen LogP contribution in [0.1, 0.15) is 12.8 Å². The minimum absolute atomic E-state index is 0.0427. The number of hydrogen-bond donors (Lipinski definition) is 0. The molecule has 33 heavy (non-hydrogen) atoms. The molecule has 1 saturated carbocycles. The Kier molecular flexibility index (Phi) is 5.68. The maximum atomic E-state index is 14.6. The summed E-state index contributed by atoms with van der Waals surface area (Å²) < 4.78 is 35.8. The van der Waals surface area contributed by atoms with Gasteiger partial charge in [0.25, 0.3) is 5.56 Å². The van der Waals surface area contributed by atoms with Gasteiger partial charge in [0.2, 0.25) is 0 Å². The van der Waals surface area contributed by atoms with Gasteiger partial charge in [0.1, 0.15) is 17.4 Å². The average molecular weight is 465 g/mol. The normalized spacial score (nSPS) is 13.2. The van der Waals surface area contributed by atoms with Gasteiger partial charge < -0.3 is 4.74 Å². The van der Waals surface area contributed by atoms with Gasteiger partial charge in [-0.15, -0.1) is 0 Å². The molecule has 7 heteroatoms. The molecule has 0 atom stereocenters. The number of hydrogen-bond acceptors (Lipinski definition) is 3. The van der Waals surface area contributed by atoms with Crippen LogP contribution in [0.15, 0.2) is 78.0 Å². The van der Waals surface area contributed by atoms with Crippen LogP contribution in [0.3, 0.4) is 0 Å². The van der Waals surface area contributed by atoms with Crippen LogP contribution in [-0.2, 0) is 0 Å². The molecule has 0 N–H and O–H groups in total. The monoisotopic (exact) mass is 464 g/mol. The highest BCUT2D eigenvalue weighted by Gasteiger charge is 2.22. The highest BCUT2D eigenvalue weighted by molar-refractivity contribution is 6.31. The first kappa shape index (κ1) is 21.3. The zero-order valence-corrected chi connectivity index (χ0v) is 18.2. The molecule has 166 valence electrons. The fraction of sp³-hybridized carbons (Fsp3) is 0.154. The molecule has 0 unspecified atom stereocenters. The third kappa shape index (κ3) is 4.66. The van der Waals surface area contributed by atoms with Crippen molar-refractivity contribution in [3.05, 3.63) is 100 Å². The van der Waals surface area contributed by atoms with Gasteiger partial charge in [-0.05, 0) is 78.9 Å². The molecule has 1 aliphatic rings. The number of pyridine rings is 2. The van der Waals surface area contributed by atoms with Crippen molar-refractivity contribution in [3.63, 3.8) is 0 Å². The molecule has 2 aromatic heterocycles. The third-order valence-corrected chi connectivity index (χ3v) is 5.76. The van der Waals surface area contributed by atoms with Crippen LogP contribution in [0.25, 0.3) is 27.9 Å². The molecule has 0 bridgehead atoms. The van der Waals surface area contributed by atoms with E-state index in [1.807, 2.05) is 0 Å². The van der Waals surface area contributed by atoms with E-state index in [9.17, 15) is 13.6 Å². The number of rotatable bonds is 6. The molecule has 2 aromatic carbocycles. The van der Waals surface area contributed by atoms with Crippen molar-refractivity contribution >= 4 is 11.6 Å². The molecule has 2 heterocycles. The van der Waals surface area contributed by atoms with E-state index in [4.69, 9.17) is 16.3 Å². The predicted octanol–water partition coefficient (Wildman–Crippen LogP) is 6.29. The molecule has 0 spiro atoms. The minimum atomic E-state index is -0.599. The second kappa shape index (κ2) is 8.79. The van der Waals surface area contributed by atoms with Crippen molar-refractivity contribution in [1.29, 1.82) is 0 Å². The fourth-order valence-electron chi connectivity index (χ4n) is 3.64. The quantitative estimate of drug-likeness (QED) is 0.337. The number of halogens is 3. The lowest BCUT2D eigenvalue weighted by Gasteiger charge is -2.14. The van der Waals surface area contributed by atoms with Gasteiger partial charge in [-0.25, -0.2) is 8.78 Å². The predicted molar refractivity (Wildman–Crippen MR) is 124 cm³/mol. The van der Waals surface area contributed by atoms with Crippen molar-refractivity contribution < 1.29 is 13.5 Å². The maximum absolute atomic E-state index is 14.6. The van der Waals surface area contributed by atoms with Crippen molar-refractivity contribution in [2.75, 3.05) is 6.61 Å². The second-order valence-electron chi connectivity index (χ2n) is 8.08. The standard InChI is InChI=1S/C26H19ClF2N2O2/c27-19-8-17(9-22(11-19)33-15-16-3-4-16)24-10-18(23-12-20(28)5-6-25(23)29)14-31(26(24)32)21-2-1-7-30-13-21/h1-2,5-14,16H,3-4,15H2. The maximum Gasteiger partial charge on any atom is 0.263 e. The Morgan fingerprint density at radius 2 is 1.88 bits per heavy atom. The van der Waals surface area contributed by atoms with E-state index in [1.54, 1.807) is 42.6 Å². The summed E-state index contributed by atoms with van der Waals surface area (Å²) in [5.74, 6) is -0.0718. The Balaban J connectivity index is 1.70. The Hall–Kier alpha value is -3.51. The average Bonchev–Trinajstić information content (AvgIpc) is 3.64. The lowest BCUT2D eigenvalue weighted by atomic mass is 10.0. The van der Waals surface area contributed by atoms with Crippen LogP contribution >= 0.6 is 11.6 Å². The van der Waals surface area contributed by atoms with Gasteiger partial charge in [0, 0.05) is 34.1 Å². The summed E-state index contributed by atoms with van der Waals surface area (Å²) in [5.41, 5.74) is 1.33. The zero-order chi connectivity index (χ0) is 22.9. The summed E-state index contributed by atoms with van der Waals surface area (Å²) in [6.07, 6.45) is 6.88. The van der Waals surface area contributed by atoms with Crippen LogP contribution in [0, 0.1) is 17.6 Å². The van der Waals surface area contributed by atoms with E-state index in [2.05, 4.69) is 4.98 Å². The zero-order valence-electron chi connectivity index (χ0n) is 17.5. The van der Waals surface area contributed by atoms with E-state index >= 15 is 0 Å². The van der Waals surface area contributed by atoms with Crippen molar-refractivity contribution in [2.45, 2.75) is 12.8 Å². The molecule has 1 fully saturated rings. The van der Waals surface area contributed by atoms with Gasteiger partial charge in [0.15, 0.2) is 0 Å². The number of nitrogens with zero attached hydrogens (tertiary/aromatic N) is 2. The number of ether oxygens (including phenoxy) is 1. The first-order valence-corrected chi connectivity index (χ1v) is 10.9. The summed E-state index contributed by atoms with van der Waals surface area (Å²) in [4.78, 5) is 17.6. The minimum Gasteiger partial charge on any atom is -0.493 e. The lowest BCUT2D eigenvalue weighted by molar-refractivity contribution is 0.300. The topological polar surface area (TPSA) is 44.1 Å². The van der Waals surface area contributed by atoms with E-state index < -0.39 is 11.6 Å². The molecule has 0 aliphatic heterocycles. The Morgan fingerprint density at radius 1 is 1.03 bits per heavy atom. The number of aromatic nitrogens is 2. The fourth-order valence-corrected chi connectivity index (χ4v) is 3.87. The van der Waals surface area contributed by atoms with E-state index in [1.165, 1.54) is 17.0 Å². The molecule has 4 aromatic rings. The van der Waals surface area contributed by atoms with Crippen molar-refractivity contribution in [2.24, 2.45) is 5.92 Å². The Morgan fingerprint density at radius 3 is 2.64 bits per heavy atom. The van der Waals surface area contributed by atoms with Gasteiger partial charge in [-0.2, -0.15) is 0 Å². The first-order chi connectivity index (χ1) is 16.0. The van der Waals surface area contributed by atoms with E-state index in [0.717, 1.165) is 31.0 Å². The van der Waals surface area contributed by atoms with Crippen molar-refractivity contribution in [1.82, 2.24) is 9.55 Å². The molecule has 0 radical (unpaired) electrons. The van der Waals surface area contributed by atoms with Crippen molar-refractivity contribution in [3.8, 4) is 33.7 Å². The van der Waals surface area contributed by atoms with Crippen LogP contribution in [-0.4, -0.2) is 16.2 Å². The van der Waals surface area contributed by atoms with E-state index in [-0.39, 0.29) is 16.7 Å². The SMILES string of the molecule is O=c1c(-c2cc(Cl)cc(OCC3CC3)c2)cc(-c2cc(F)ccc2F)cn1-c1cccnc1. The smallest absolute Gasteiger partial charge is 0.263 e. The molecule has 4 nitrogen and oxygen atoms in total. The van der Waals surface area contributed by atoms with Crippen LogP contribution < -0.4 is 10.3 Å². The summed E-state index contributed by atoms with van der Waals surface area (Å²) in [6, 6.07) is 13.3. The molecular weight excluding hydrogens is 446 g/mol. The highest BCUT2D eigenvalue weighted by Crippen LogP contribution is 2.33. The van der Waals surface area contributed by atoms with Gasteiger partial charge in [0.05, 0.1) is 18.5 Å². The van der Waals surface area contributed by atoms with Gasteiger partial charge in [-0.3, -0.25) is 14.3 Å². The molecular formula is C26H19ClF2N2O2. The summed E-state index contributed by atoms with van der Waals surface area (Å²) in [5, 5.41) is 0.410. The number of benzene rings is 2. The molecule has 0 saturated heterocycles. The summed E-state index contributed by atoms with van der Waals surface area (Å²) in [7, 11) is 0. The first-order valence-electron chi connectivity index (χ1n) is 10.5. The van der Waals surface area contributed by atoms with Gasteiger partial charge in [-0.1, -0.05) is 11.6 Å². The van der Waals surface area contributed by atoms with Crippen LogP contribution in [0.5, 0.6) is 5.75 Å². The molecule has 0 amide bonds. The largest absolute Gasteiger partial charge is 0.493 e.